The van der Waals surface area contributed by atoms with Gasteiger partial charge >= 0.3 is 0 Å². The molecule has 0 bridgehead atoms. The summed E-state index contributed by atoms with van der Waals surface area (Å²) in [6, 6.07) is 11.6. The topological polar surface area (TPSA) is 95.6 Å². The fraction of sp³-hybridized carbons (Fsp3) is 0.263. The SMILES string of the molecule is COc1ccc(S(=O)(=O)N2CCN(C(=O)c3ccc4nc[nH]c4c3)CC2)cc1. The first kappa shape index (κ1) is 18.5. The van der Waals surface area contributed by atoms with Gasteiger partial charge in [-0.05, 0) is 42.5 Å². The molecular formula is C19H20N4O4S. The van der Waals surface area contributed by atoms with E-state index in [1.54, 1.807) is 41.6 Å². The maximum Gasteiger partial charge on any atom is 0.254 e. The molecule has 9 heteroatoms. The van der Waals surface area contributed by atoms with Crippen LogP contribution in [0.5, 0.6) is 5.75 Å². The van der Waals surface area contributed by atoms with Gasteiger partial charge in [-0.15, -0.1) is 0 Å². The van der Waals surface area contributed by atoms with Crippen molar-refractivity contribution in [3.05, 3.63) is 54.4 Å². The van der Waals surface area contributed by atoms with Gasteiger partial charge in [0.25, 0.3) is 5.91 Å². The summed E-state index contributed by atoms with van der Waals surface area (Å²) >= 11 is 0. The number of carbonyl (C=O) groups excluding carboxylic acids is 1. The molecule has 1 fully saturated rings. The lowest BCUT2D eigenvalue weighted by Gasteiger charge is -2.34. The highest BCUT2D eigenvalue weighted by molar-refractivity contribution is 7.89. The number of aromatic amines is 1. The minimum Gasteiger partial charge on any atom is -0.497 e. The third kappa shape index (κ3) is 3.34. The molecule has 8 nitrogen and oxygen atoms in total. The third-order valence-electron chi connectivity index (χ3n) is 4.89. The van der Waals surface area contributed by atoms with E-state index in [0.29, 0.717) is 24.4 Å². The highest BCUT2D eigenvalue weighted by Crippen LogP contribution is 2.21. The van der Waals surface area contributed by atoms with Gasteiger partial charge in [0.05, 0.1) is 29.4 Å². The molecule has 1 amide bonds. The summed E-state index contributed by atoms with van der Waals surface area (Å²) < 4.78 is 32.1. The van der Waals surface area contributed by atoms with Crippen LogP contribution in [0.2, 0.25) is 0 Å². The largest absolute Gasteiger partial charge is 0.497 e. The lowest BCUT2D eigenvalue weighted by molar-refractivity contribution is 0.0698. The Morgan fingerprint density at radius 1 is 1.07 bits per heavy atom. The molecule has 3 aromatic rings. The zero-order chi connectivity index (χ0) is 19.7. The summed E-state index contributed by atoms with van der Waals surface area (Å²) in [5.41, 5.74) is 2.15. The summed E-state index contributed by atoms with van der Waals surface area (Å²) in [5.74, 6) is 0.488. The lowest BCUT2D eigenvalue weighted by atomic mass is 10.1. The second kappa shape index (κ2) is 7.25. The number of H-pyrrole nitrogens is 1. The molecule has 1 aliphatic rings. The number of sulfonamides is 1. The monoisotopic (exact) mass is 400 g/mol. The highest BCUT2D eigenvalue weighted by Gasteiger charge is 2.30. The Labute approximate surface area is 162 Å². The molecule has 146 valence electrons. The Morgan fingerprint density at radius 2 is 1.79 bits per heavy atom. The van der Waals surface area contributed by atoms with Crippen molar-refractivity contribution in [3.63, 3.8) is 0 Å². The molecule has 28 heavy (non-hydrogen) atoms. The van der Waals surface area contributed by atoms with Crippen molar-refractivity contribution in [2.45, 2.75) is 4.90 Å². The number of nitrogens with zero attached hydrogens (tertiary/aromatic N) is 3. The van der Waals surface area contributed by atoms with Crippen LogP contribution in [-0.4, -0.2) is 66.8 Å². The molecule has 0 atom stereocenters. The van der Waals surface area contributed by atoms with Crippen molar-refractivity contribution in [1.29, 1.82) is 0 Å². The van der Waals surface area contributed by atoms with Crippen LogP contribution < -0.4 is 4.74 Å². The second-order valence-corrected chi connectivity index (χ2v) is 8.44. The molecule has 0 spiro atoms. The highest BCUT2D eigenvalue weighted by atomic mass is 32.2. The average molecular weight is 400 g/mol. The minimum atomic E-state index is -3.60. The van der Waals surface area contributed by atoms with Crippen LogP contribution in [0.15, 0.2) is 53.7 Å². The van der Waals surface area contributed by atoms with Crippen LogP contribution in [0.4, 0.5) is 0 Å². The standard InChI is InChI=1S/C19H20N4O4S/c1-27-15-3-5-16(6-4-15)28(25,26)23-10-8-22(9-11-23)19(24)14-2-7-17-18(12-14)21-13-20-17/h2-7,12-13H,8-11H2,1H3,(H,20,21). The smallest absolute Gasteiger partial charge is 0.254 e. The zero-order valence-corrected chi connectivity index (χ0v) is 16.1. The fourth-order valence-electron chi connectivity index (χ4n) is 3.28. The van der Waals surface area contributed by atoms with Crippen LogP contribution in [-0.2, 0) is 10.0 Å². The van der Waals surface area contributed by atoms with Crippen LogP contribution in [0, 0.1) is 0 Å². The number of hydrogen-bond acceptors (Lipinski definition) is 5. The van der Waals surface area contributed by atoms with Crippen LogP contribution >= 0.6 is 0 Å². The Balaban J connectivity index is 1.45. The predicted octanol–water partition coefficient (Wildman–Crippen LogP) is 1.72. The molecule has 2 heterocycles. The molecular weight excluding hydrogens is 380 g/mol. The molecule has 0 aliphatic carbocycles. The number of nitrogens with one attached hydrogen (secondary N) is 1. The number of fused-ring (bicyclic) bond motifs is 1. The number of aromatic nitrogens is 2. The molecule has 0 saturated carbocycles. The molecule has 1 aliphatic heterocycles. The van der Waals surface area contributed by atoms with Gasteiger partial charge in [0, 0.05) is 31.7 Å². The van der Waals surface area contributed by atoms with Gasteiger partial charge in [-0.2, -0.15) is 4.31 Å². The third-order valence-corrected chi connectivity index (χ3v) is 6.80. The van der Waals surface area contributed by atoms with Crippen molar-refractivity contribution >= 4 is 27.0 Å². The van der Waals surface area contributed by atoms with Crippen LogP contribution in [0.25, 0.3) is 11.0 Å². The molecule has 0 radical (unpaired) electrons. The van der Waals surface area contributed by atoms with E-state index in [1.165, 1.54) is 23.5 Å². The summed E-state index contributed by atoms with van der Waals surface area (Å²) in [6.07, 6.45) is 1.59. The van der Waals surface area contributed by atoms with Gasteiger partial charge in [-0.1, -0.05) is 0 Å². The van der Waals surface area contributed by atoms with E-state index in [0.717, 1.165) is 11.0 Å². The summed E-state index contributed by atoms with van der Waals surface area (Å²) in [6.45, 7) is 1.20. The maximum atomic E-state index is 12.8. The normalized spacial score (nSPS) is 15.7. The number of ether oxygens (including phenoxy) is 1. The molecule has 1 N–H and O–H groups in total. The Hall–Kier alpha value is -2.91. The van der Waals surface area contributed by atoms with E-state index >= 15 is 0 Å². The predicted molar refractivity (Wildman–Crippen MR) is 104 cm³/mol. The number of benzene rings is 2. The number of amides is 1. The van der Waals surface area contributed by atoms with Crippen LogP contribution in [0.1, 0.15) is 10.4 Å². The number of hydrogen-bond donors (Lipinski definition) is 1. The number of piperazine rings is 1. The zero-order valence-electron chi connectivity index (χ0n) is 15.3. The van der Waals surface area contributed by atoms with Crippen molar-refractivity contribution in [3.8, 4) is 5.75 Å². The average Bonchev–Trinajstić information content (AvgIpc) is 3.21. The van der Waals surface area contributed by atoms with Crippen molar-refractivity contribution in [1.82, 2.24) is 19.2 Å². The van der Waals surface area contributed by atoms with E-state index in [9.17, 15) is 13.2 Å². The first-order chi connectivity index (χ1) is 13.5. The van der Waals surface area contributed by atoms with E-state index in [-0.39, 0.29) is 23.9 Å². The number of methoxy groups -OCH3 is 1. The van der Waals surface area contributed by atoms with Gasteiger partial charge in [-0.25, -0.2) is 13.4 Å². The quantitative estimate of drug-likeness (QED) is 0.719. The van der Waals surface area contributed by atoms with E-state index < -0.39 is 10.0 Å². The number of rotatable bonds is 4. The number of carbonyl (C=O) groups is 1. The lowest BCUT2D eigenvalue weighted by Crippen LogP contribution is -2.50. The summed E-state index contributed by atoms with van der Waals surface area (Å²) in [7, 11) is -2.06. The van der Waals surface area contributed by atoms with Gasteiger partial charge in [0.1, 0.15) is 5.75 Å². The summed E-state index contributed by atoms with van der Waals surface area (Å²) in [5, 5.41) is 0. The molecule has 1 aromatic heterocycles. The van der Waals surface area contributed by atoms with Gasteiger partial charge in [0.15, 0.2) is 0 Å². The first-order valence-electron chi connectivity index (χ1n) is 8.85. The van der Waals surface area contributed by atoms with Gasteiger partial charge in [-0.3, -0.25) is 4.79 Å². The Morgan fingerprint density at radius 3 is 2.46 bits per heavy atom. The molecule has 0 unspecified atom stereocenters. The first-order valence-corrected chi connectivity index (χ1v) is 10.3. The minimum absolute atomic E-state index is 0.113. The fourth-order valence-corrected chi connectivity index (χ4v) is 4.70. The van der Waals surface area contributed by atoms with E-state index in [2.05, 4.69) is 9.97 Å². The Kier molecular flexibility index (Phi) is 4.78. The second-order valence-electron chi connectivity index (χ2n) is 6.51. The molecule has 2 aromatic carbocycles. The van der Waals surface area contributed by atoms with Crippen molar-refractivity contribution in [2.24, 2.45) is 0 Å². The van der Waals surface area contributed by atoms with Crippen molar-refractivity contribution < 1.29 is 17.9 Å². The van der Waals surface area contributed by atoms with Gasteiger partial charge in [0.2, 0.25) is 10.0 Å². The van der Waals surface area contributed by atoms with Crippen LogP contribution in [0.3, 0.4) is 0 Å². The van der Waals surface area contributed by atoms with Crippen molar-refractivity contribution in [2.75, 3.05) is 33.3 Å². The van der Waals surface area contributed by atoms with E-state index in [4.69, 9.17) is 4.74 Å². The number of imidazole rings is 1. The van der Waals surface area contributed by atoms with Gasteiger partial charge < -0.3 is 14.6 Å². The molecule has 1 saturated heterocycles. The maximum absolute atomic E-state index is 12.8. The Bertz CT molecular complexity index is 1100. The van der Waals surface area contributed by atoms with E-state index in [1.807, 2.05) is 0 Å². The molecule has 4 rings (SSSR count). The summed E-state index contributed by atoms with van der Waals surface area (Å²) in [4.78, 5) is 21.8.